The monoisotopic (exact) mass is 296 g/mol. The van der Waals surface area contributed by atoms with Gasteiger partial charge in [-0.25, -0.2) is 13.8 Å². The maximum atomic E-state index is 13.2. The molecule has 0 amide bonds. The Bertz CT molecular complexity index is 762. The number of rotatable bonds is 3. The van der Waals surface area contributed by atoms with Gasteiger partial charge in [0.05, 0.1) is 16.6 Å². The Morgan fingerprint density at radius 3 is 2.52 bits per heavy atom. The van der Waals surface area contributed by atoms with E-state index in [1.807, 2.05) is 0 Å². The second kappa shape index (κ2) is 5.08. The van der Waals surface area contributed by atoms with E-state index in [1.165, 1.54) is 18.2 Å². The number of H-pyrrole nitrogens is 1. The number of aromatic amines is 1. The molecule has 7 heteroatoms. The number of imidazole rings is 1. The largest absolute Gasteiger partial charge is 0.434 e. The first-order chi connectivity index (χ1) is 10.0. The molecule has 0 atom stereocenters. The first-order valence-electron chi connectivity index (χ1n) is 5.93. The van der Waals surface area contributed by atoms with Crippen molar-refractivity contribution in [2.24, 2.45) is 0 Å². The van der Waals surface area contributed by atoms with Crippen molar-refractivity contribution >= 4 is 11.0 Å². The van der Waals surface area contributed by atoms with Crippen molar-refractivity contribution in [3.63, 3.8) is 0 Å². The van der Waals surface area contributed by atoms with Crippen molar-refractivity contribution in [3.8, 4) is 17.1 Å². The van der Waals surface area contributed by atoms with Crippen molar-refractivity contribution in [3.05, 3.63) is 48.0 Å². The minimum Gasteiger partial charge on any atom is -0.434 e. The molecule has 3 rings (SSSR count). The van der Waals surface area contributed by atoms with Crippen LogP contribution in [0.4, 0.5) is 17.6 Å². The van der Waals surface area contributed by atoms with Gasteiger partial charge >= 0.3 is 6.61 Å². The zero-order chi connectivity index (χ0) is 15.0. The highest BCUT2D eigenvalue weighted by molar-refractivity contribution is 5.80. The van der Waals surface area contributed by atoms with Crippen molar-refractivity contribution in [2.75, 3.05) is 0 Å². The standard InChI is InChI=1S/C14H8F4N2O/c15-8-5-10-11(6-9(8)16)20-13(19-10)7-3-1-2-4-12(7)21-14(17)18/h1-6,14H,(H,19,20). The number of hydrogen-bond donors (Lipinski definition) is 1. The van der Waals surface area contributed by atoms with E-state index in [4.69, 9.17) is 0 Å². The second-order valence-corrected chi connectivity index (χ2v) is 4.24. The Hall–Kier alpha value is -2.57. The van der Waals surface area contributed by atoms with E-state index in [1.54, 1.807) is 6.07 Å². The number of aromatic nitrogens is 2. The van der Waals surface area contributed by atoms with Gasteiger partial charge in [0.25, 0.3) is 0 Å². The summed E-state index contributed by atoms with van der Waals surface area (Å²) in [6, 6.07) is 7.90. The van der Waals surface area contributed by atoms with Gasteiger partial charge in [0, 0.05) is 12.1 Å². The predicted octanol–water partition coefficient (Wildman–Crippen LogP) is 4.11. The van der Waals surface area contributed by atoms with Crippen LogP contribution in [0.1, 0.15) is 0 Å². The van der Waals surface area contributed by atoms with Crippen molar-refractivity contribution in [1.29, 1.82) is 0 Å². The molecule has 0 bridgehead atoms. The van der Waals surface area contributed by atoms with E-state index < -0.39 is 18.2 Å². The molecule has 0 spiro atoms. The fraction of sp³-hybridized carbons (Fsp3) is 0.0714. The van der Waals surface area contributed by atoms with E-state index in [2.05, 4.69) is 14.7 Å². The molecular formula is C14H8F4N2O. The van der Waals surface area contributed by atoms with Gasteiger partial charge in [-0.1, -0.05) is 12.1 Å². The molecular weight excluding hydrogens is 288 g/mol. The number of halogens is 4. The number of alkyl halides is 2. The maximum Gasteiger partial charge on any atom is 0.387 e. The van der Waals surface area contributed by atoms with Crippen LogP contribution in [0, 0.1) is 11.6 Å². The van der Waals surface area contributed by atoms with Crippen molar-refractivity contribution < 1.29 is 22.3 Å². The smallest absolute Gasteiger partial charge is 0.387 e. The maximum absolute atomic E-state index is 13.2. The van der Waals surface area contributed by atoms with Gasteiger partial charge in [-0.2, -0.15) is 8.78 Å². The first-order valence-corrected chi connectivity index (χ1v) is 5.93. The van der Waals surface area contributed by atoms with Crippen LogP contribution in [0.5, 0.6) is 5.75 Å². The molecule has 108 valence electrons. The van der Waals surface area contributed by atoms with Gasteiger partial charge < -0.3 is 9.72 Å². The van der Waals surface area contributed by atoms with E-state index in [0.717, 1.165) is 12.1 Å². The topological polar surface area (TPSA) is 37.9 Å². The van der Waals surface area contributed by atoms with Crippen molar-refractivity contribution in [2.45, 2.75) is 6.61 Å². The average Bonchev–Trinajstić information content (AvgIpc) is 2.82. The SMILES string of the molecule is Fc1cc2nc(-c3ccccc3OC(F)F)[nH]c2cc1F. The van der Waals surface area contributed by atoms with Crippen LogP contribution in [0.2, 0.25) is 0 Å². The second-order valence-electron chi connectivity index (χ2n) is 4.24. The number of nitrogens with zero attached hydrogens (tertiary/aromatic N) is 1. The number of ether oxygens (including phenoxy) is 1. The van der Waals surface area contributed by atoms with Crippen LogP contribution in [0.25, 0.3) is 22.4 Å². The molecule has 1 aromatic heterocycles. The average molecular weight is 296 g/mol. The molecule has 3 nitrogen and oxygen atoms in total. The minimum absolute atomic E-state index is 0.0764. The summed E-state index contributed by atoms with van der Waals surface area (Å²) < 4.78 is 55.5. The molecule has 1 N–H and O–H groups in total. The molecule has 0 unspecified atom stereocenters. The highest BCUT2D eigenvalue weighted by atomic mass is 19.3. The summed E-state index contributed by atoms with van der Waals surface area (Å²) in [5.41, 5.74) is 0.723. The van der Waals surface area contributed by atoms with Gasteiger partial charge in [0.2, 0.25) is 0 Å². The van der Waals surface area contributed by atoms with Crippen LogP contribution in [-0.2, 0) is 0 Å². The van der Waals surface area contributed by atoms with E-state index >= 15 is 0 Å². The van der Waals surface area contributed by atoms with Crippen LogP contribution in [0.15, 0.2) is 36.4 Å². The van der Waals surface area contributed by atoms with E-state index in [0.29, 0.717) is 0 Å². The van der Waals surface area contributed by atoms with Gasteiger partial charge in [-0.3, -0.25) is 0 Å². The first kappa shape index (κ1) is 13.4. The lowest BCUT2D eigenvalue weighted by Crippen LogP contribution is -2.03. The molecule has 0 aliphatic rings. The normalized spacial score (nSPS) is 11.3. The fourth-order valence-electron chi connectivity index (χ4n) is 1.99. The minimum atomic E-state index is -2.98. The zero-order valence-electron chi connectivity index (χ0n) is 10.4. The Morgan fingerprint density at radius 1 is 1.05 bits per heavy atom. The van der Waals surface area contributed by atoms with Crippen LogP contribution in [0.3, 0.4) is 0 Å². The molecule has 21 heavy (non-hydrogen) atoms. The number of benzene rings is 2. The molecule has 0 saturated heterocycles. The van der Waals surface area contributed by atoms with Gasteiger partial charge in [-0.05, 0) is 12.1 Å². The molecule has 2 aromatic carbocycles. The molecule has 0 radical (unpaired) electrons. The fourth-order valence-corrected chi connectivity index (χ4v) is 1.99. The molecule has 0 saturated carbocycles. The van der Waals surface area contributed by atoms with Gasteiger partial charge in [0.15, 0.2) is 11.6 Å². The zero-order valence-corrected chi connectivity index (χ0v) is 10.4. The molecule has 0 aliphatic carbocycles. The summed E-state index contributed by atoms with van der Waals surface area (Å²) in [6.07, 6.45) is 0. The van der Waals surface area contributed by atoms with Gasteiger partial charge in [0.1, 0.15) is 11.6 Å². The summed E-state index contributed by atoms with van der Waals surface area (Å²) in [5, 5.41) is 0. The third kappa shape index (κ3) is 2.54. The number of para-hydroxylation sites is 1. The molecule has 3 aromatic rings. The summed E-state index contributed by atoms with van der Waals surface area (Å²) in [7, 11) is 0. The quantitative estimate of drug-likeness (QED) is 0.739. The Labute approximate surface area is 116 Å². The molecule has 0 fully saturated rings. The lowest BCUT2D eigenvalue weighted by Gasteiger charge is -2.08. The Kier molecular flexibility index (Phi) is 3.25. The number of nitrogens with one attached hydrogen (secondary N) is 1. The predicted molar refractivity (Wildman–Crippen MR) is 68.1 cm³/mol. The Balaban J connectivity index is 2.12. The lowest BCUT2D eigenvalue weighted by molar-refractivity contribution is -0.0494. The number of hydrogen-bond acceptors (Lipinski definition) is 2. The van der Waals surface area contributed by atoms with E-state index in [9.17, 15) is 17.6 Å². The summed E-state index contributed by atoms with van der Waals surface area (Å²) in [6.45, 7) is -2.98. The molecule has 1 heterocycles. The third-order valence-electron chi connectivity index (χ3n) is 2.88. The number of fused-ring (bicyclic) bond motifs is 1. The molecule has 0 aliphatic heterocycles. The summed E-state index contributed by atoms with van der Waals surface area (Å²) in [5.74, 6) is -1.94. The van der Waals surface area contributed by atoms with Crippen molar-refractivity contribution in [1.82, 2.24) is 9.97 Å². The van der Waals surface area contributed by atoms with Crippen LogP contribution >= 0.6 is 0 Å². The van der Waals surface area contributed by atoms with Crippen LogP contribution in [-0.4, -0.2) is 16.6 Å². The Morgan fingerprint density at radius 2 is 1.76 bits per heavy atom. The van der Waals surface area contributed by atoms with Gasteiger partial charge in [-0.15, -0.1) is 0 Å². The summed E-state index contributed by atoms with van der Waals surface area (Å²) in [4.78, 5) is 6.82. The lowest BCUT2D eigenvalue weighted by atomic mass is 10.2. The highest BCUT2D eigenvalue weighted by Gasteiger charge is 2.15. The summed E-state index contributed by atoms with van der Waals surface area (Å²) >= 11 is 0. The van der Waals surface area contributed by atoms with E-state index in [-0.39, 0.29) is 28.2 Å². The highest BCUT2D eigenvalue weighted by Crippen LogP contribution is 2.30. The van der Waals surface area contributed by atoms with Crippen LogP contribution < -0.4 is 4.74 Å². The third-order valence-corrected chi connectivity index (χ3v) is 2.88.